The number of benzene rings is 2. The Morgan fingerprint density at radius 1 is 1.12 bits per heavy atom. The van der Waals surface area contributed by atoms with Gasteiger partial charge in [0.2, 0.25) is 5.89 Å². The Bertz CT molecular complexity index is 875. The third-order valence-electron chi connectivity index (χ3n) is 3.41. The summed E-state index contributed by atoms with van der Waals surface area (Å²) >= 11 is 11.7. The molecule has 24 heavy (non-hydrogen) atoms. The van der Waals surface area contributed by atoms with Gasteiger partial charge in [0.15, 0.2) is 0 Å². The summed E-state index contributed by atoms with van der Waals surface area (Å²) in [5.41, 5.74) is 1.76. The molecule has 0 fully saturated rings. The Morgan fingerprint density at radius 3 is 2.58 bits per heavy atom. The highest BCUT2D eigenvalue weighted by atomic mass is 35.5. The van der Waals surface area contributed by atoms with E-state index in [9.17, 15) is 4.79 Å². The number of aromatic nitrogens is 1. The van der Waals surface area contributed by atoms with E-state index in [1.807, 2.05) is 30.3 Å². The molecule has 0 amide bonds. The summed E-state index contributed by atoms with van der Waals surface area (Å²) in [6.45, 7) is 1.79. The van der Waals surface area contributed by atoms with Crippen LogP contribution in [-0.4, -0.2) is 11.0 Å². The van der Waals surface area contributed by atoms with Crippen molar-refractivity contribution in [1.82, 2.24) is 4.98 Å². The van der Waals surface area contributed by atoms with E-state index in [1.54, 1.807) is 19.1 Å². The van der Waals surface area contributed by atoms with E-state index >= 15 is 0 Å². The number of ether oxygens (including phenoxy) is 1. The van der Waals surface area contributed by atoms with Crippen LogP contribution in [0.1, 0.15) is 21.8 Å². The molecule has 0 atom stereocenters. The van der Waals surface area contributed by atoms with Crippen molar-refractivity contribution in [2.75, 3.05) is 0 Å². The van der Waals surface area contributed by atoms with Gasteiger partial charge in [0, 0.05) is 5.56 Å². The Kier molecular flexibility index (Phi) is 4.88. The van der Waals surface area contributed by atoms with Crippen LogP contribution in [0.4, 0.5) is 0 Å². The Labute approximate surface area is 149 Å². The van der Waals surface area contributed by atoms with E-state index in [-0.39, 0.29) is 6.61 Å². The highest BCUT2D eigenvalue weighted by Gasteiger charge is 2.15. The van der Waals surface area contributed by atoms with Crippen LogP contribution in [0.15, 0.2) is 52.9 Å². The Hall–Kier alpha value is -2.30. The minimum atomic E-state index is -0.503. The summed E-state index contributed by atoms with van der Waals surface area (Å²) in [5, 5.41) is 0.683. The first-order chi connectivity index (χ1) is 11.5. The molecule has 1 heterocycles. The average molecular weight is 362 g/mol. The van der Waals surface area contributed by atoms with Gasteiger partial charge in [-0.3, -0.25) is 0 Å². The molecule has 0 bridgehead atoms. The first kappa shape index (κ1) is 16.6. The molecular formula is C18H13Cl2NO3. The molecule has 0 radical (unpaired) electrons. The van der Waals surface area contributed by atoms with Crippen LogP contribution in [-0.2, 0) is 11.3 Å². The number of carbonyl (C=O) groups is 1. The van der Waals surface area contributed by atoms with Gasteiger partial charge in [0.25, 0.3) is 0 Å². The van der Waals surface area contributed by atoms with E-state index in [1.165, 1.54) is 6.07 Å². The fourth-order valence-electron chi connectivity index (χ4n) is 2.11. The second kappa shape index (κ2) is 7.07. The number of nitrogens with zero attached hydrogens (tertiary/aromatic N) is 1. The Balaban J connectivity index is 1.71. The van der Waals surface area contributed by atoms with Crippen LogP contribution in [0, 0.1) is 6.92 Å². The van der Waals surface area contributed by atoms with Gasteiger partial charge in [-0.15, -0.1) is 0 Å². The van der Waals surface area contributed by atoms with Crippen LogP contribution in [0.5, 0.6) is 0 Å². The van der Waals surface area contributed by atoms with Crippen molar-refractivity contribution in [1.29, 1.82) is 0 Å². The van der Waals surface area contributed by atoms with Crippen molar-refractivity contribution in [2.45, 2.75) is 13.5 Å². The molecule has 3 aromatic rings. The zero-order chi connectivity index (χ0) is 17.1. The second-order valence-electron chi connectivity index (χ2n) is 5.09. The van der Waals surface area contributed by atoms with Gasteiger partial charge in [-0.25, -0.2) is 9.78 Å². The van der Waals surface area contributed by atoms with E-state index in [2.05, 4.69) is 4.98 Å². The number of halogens is 2. The zero-order valence-electron chi connectivity index (χ0n) is 12.8. The molecular weight excluding hydrogens is 349 g/mol. The zero-order valence-corrected chi connectivity index (χ0v) is 14.3. The van der Waals surface area contributed by atoms with Crippen molar-refractivity contribution in [3.63, 3.8) is 0 Å². The third-order valence-corrected chi connectivity index (χ3v) is 4.15. The van der Waals surface area contributed by atoms with Crippen molar-refractivity contribution >= 4 is 29.2 Å². The van der Waals surface area contributed by atoms with E-state index in [0.717, 1.165) is 5.56 Å². The average Bonchev–Trinajstić information content (AvgIpc) is 2.97. The third kappa shape index (κ3) is 3.61. The van der Waals surface area contributed by atoms with Gasteiger partial charge in [-0.1, -0.05) is 41.4 Å². The lowest BCUT2D eigenvalue weighted by Gasteiger charge is -2.04. The maximum Gasteiger partial charge on any atom is 0.338 e. The molecule has 3 rings (SSSR count). The van der Waals surface area contributed by atoms with Crippen molar-refractivity contribution in [2.24, 2.45) is 0 Å². The number of rotatable bonds is 4. The lowest BCUT2D eigenvalue weighted by molar-refractivity contribution is 0.0467. The summed E-state index contributed by atoms with van der Waals surface area (Å²) < 4.78 is 10.9. The topological polar surface area (TPSA) is 52.3 Å². The summed E-state index contributed by atoms with van der Waals surface area (Å²) in [6, 6.07) is 14.1. The maximum absolute atomic E-state index is 12.1. The number of aryl methyl sites for hydroxylation is 1. The molecule has 1 aromatic heterocycles. The smallest absolute Gasteiger partial charge is 0.338 e. The predicted octanol–water partition coefficient (Wildman–Crippen LogP) is 5.31. The number of esters is 1. The van der Waals surface area contributed by atoms with Crippen molar-refractivity contribution in [3.8, 4) is 11.5 Å². The lowest BCUT2D eigenvalue weighted by Crippen LogP contribution is -2.06. The van der Waals surface area contributed by atoms with Gasteiger partial charge in [-0.05, 0) is 37.3 Å². The van der Waals surface area contributed by atoms with Crippen LogP contribution in [0.3, 0.4) is 0 Å². The van der Waals surface area contributed by atoms with E-state index in [0.29, 0.717) is 33.0 Å². The van der Waals surface area contributed by atoms with Crippen molar-refractivity contribution in [3.05, 3.63) is 75.6 Å². The molecule has 2 aromatic carbocycles. The van der Waals surface area contributed by atoms with Gasteiger partial charge in [0.05, 0.1) is 15.6 Å². The number of oxazole rings is 1. The maximum atomic E-state index is 12.1. The summed E-state index contributed by atoms with van der Waals surface area (Å²) in [6.07, 6.45) is 0. The highest BCUT2D eigenvalue weighted by molar-refractivity contribution is 6.42. The highest BCUT2D eigenvalue weighted by Crippen LogP contribution is 2.24. The van der Waals surface area contributed by atoms with Crippen LogP contribution in [0.2, 0.25) is 10.0 Å². The molecule has 0 saturated carbocycles. The molecule has 0 aliphatic heterocycles. The molecule has 0 N–H and O–H groups in total. The monoisotopic (exact) mass is 361 g/mol. The first-order valence-electron chi connectivity index (χ1n) is 7.18. The fraction of sp³-hybridized carbons (Fsp3) is 0.111. The molecule has 4 nitrogen and oxygen atoms in total. The molecule has 0 spiro atoms. The number of hydrogen-bond acceptors (Lipinski definition) is 4. The predicted molar refractivity (Wildman–Crippen MR) is 92.3 cm³/mol. The van der Waals surface area contributed by atoms with E-state index < -0.39 is 5.97 Å². The van der Waals surface area contributed by atoms with Crippen LogP contribution >= 0.6 is 23.2 Å². The Morgan fingerprint density at radius 2 is 1.88 bits per heavy atom. The normalized spacial score (nSPS) is 10.6. The van der Waals surface area contributed by atoms with Gasteiger partial charge < -0.3 is 9.15 Å². The minimum absolute atomic E-state index is 0.0151. The molecule has 0 saturated heterocycles. The molecule has 0 unspecified atom stereocenters. The quantitative estimate of drug-likeness (QED) is 0.590. The standard InChI is InChI=1S/C18H13Cl2NO3/c1-11-16(21-17(24-11)12-5-3-2-4-6-12)10-23-18(22)13-7-8-14(19)15(20)9-13/h2-9H,10H2,1H3. The lowest BCUT2D eigenvalue weighted by atomic mass is 10.2. The molecule has 0 aliphatic rings. The summed E-state index contributed by atoms with van der Waals surface area (Å²) in [5.74, 6) is 0.599. The fourth-order valence-corrected chi connectivity index (χ4v) is 2.40. The summed E-state index contributed by atoms with van der Waals surface area (Å²) in [7, 11) is 0. The first-order valence-corrected chi connectivity index (χ1v) is 7.94. The molecule has 6 heteroatoms. The van der Waals surface area contributed by atoms with Crippen LogP contribution < -0.4 is 0 Å². The molecule has 122 valence electrons. The number of carbonyl (C=O) groups excluding carboxylic acids is 1. The van der Waals surface area contributed by atoms with E-state index in [4.69, 9.17) is 32.4 Å². The van der Waals surface area contributed by atoms with Gasteiger partial charge in [-0.2, -0.15) is 0 Å². The largest absolute Gasteiger partial charge is 0.455 e. The van der Waals surface area contributed by atoms with Gasteiger partial charge in [0.1, 0.15) is 18.1 Å². The minimum Gasteiger partial charge on any atom is -0.455 e. The number of hydrogen-bond donors (Lipinski definition) is 0. The van der Waals surface area contributed by atoms with Gasteiger partial charge >= 0.3 is 5.97 Å². The molecule has 0 aliphatic carbocycles. The van der Waals surface area contributed by atoms with Crippen LogP contribution in [0.25, 0.3) is 11.5 Å². The van der Waals surface area contributed by atoms with Crippen molar-refractivity contribution < 1.29 is 13.9 Å². The second-order valence-corrected chi connectivity index (χ2v) is 5.91. The SMILES string of the molecule is Cc1oc(-c2ccccc2)nc1COC(=O)c1ccc(Cl)c(Cl)c1. The summed E-state index contributed by atoms with van der Waals surface area (Å²) in [4.78, 5) is 16.5.